The first-order valence-corrected chi connectivity index (χ1v) is 5.23. The number of hydrogen-bond donors (Lipinski definition) is 1. The topological polar surface area (TPSA) is 46.3 Å². The van der Waals surface area contributed by atoms with Crippen LogP contribution in [0.5, 0.6) is 0 Å². The fourth-order valence-electron chi connectivity index (χ4n) is 1.40. The Balaban J connectivity index is 4.34. The Morgan fingerprint density at radius 3 is 2.47 bits per heavy atom. The zero-order valence-electron chi connectivity index (χ0n) is 10.0. The molecule has 0 atom stereocenters. The monoisotopic (exact) mass is 210 g/mol. The van der Waals surface area contributed by atoms with Crippen LogP contribution in [0.25, 0.3) is 0 Å². The Morgan fingerprint density at radius 2 is 2.07 bits per heavy atom. The molecule has 0 saturated heterocycles. The molecule has 1 amide bonds. The van der Waals surface area contributed by atoms with Gasteiger partial charge in [-0.3, -0.25) is 4.79 Å². The van der Waals surface area contributed by atoms with E-state index >= 15 is 0 Å². The van der Waals surface area contributed by atoms with E-state index in [2.05, 4.69) is 11.5 Å². The molecule has 0 aromatic heterocycles. The summed E-state index contributed by atoms with van der Waals surface area (Å²) in [6.45, 7) is 6.50. The van der Waals surface area contributed by atoms with Crippen molar-refractivity contribution < 1.29 is 4.79 Å². The maximum atomic E-state index is 11.0. The highest BCUT2D eigenvalue weighted by Crippen LogP contribution is 2.15. The third-order valence-corrected chi connectivity index (χ3v) is 2.37. The molecule has 0 aliphatic carbocycles. The average Bonchev–Trinajstić information content (AvgIpc) is 2.14. The molecule has 0 rings (SSSR count). The van der Waals surface area contributed by atoms with Gasteiger partial charge in [-0.05, 0) is 46.8 Å². The second-order valence-corrected chi connectivity index (χ2v) is 3.99. The van der Waals surface area contributed by atoms with Gasteiger partial charge in [-0.1, -0.05) is 11.6 Å². The number of nitrogens with two attached hydrogens (primary N) is 1. The van der Waals surface area contributed by atoms with Crippen molar-refractivity contribution in [2.45, 2.75) is 26.2 Å². The third kappa shape index (κ3) is 6.07. The summed E-state index contributed by atoms with van der Waals surface area (Å²) in [6, 6.07) is 0. The molecule has 3 nitrogen and oxygen atoms in total. The standard InChI is InChI=1S/C12H22N2O/c1-5-7-11(10(2)12(13)15)8-6-9-14(3)4/h5H,1,6-9H2,2-4H3,(H2,13,15). The van der Waals surface area contributed by atoms with E-state index in [4.69, 9.17) is 5.73 Å². The minimum absolute atomic E-state index is 0.322. The maximum absolute atomic E-state index is 11.0. The number of rotatable bonds is 7. The zero-order chi connectivity index (χ0) is 11.8. The van der Waals surface area contributed by atoms with Crippen molar-refractivity contribution in [3.8, 4) is 0 Å². The molecule has 2 N–H and O–H groups in total. The maximum Gasteiger partial charge on any atom is 0.244 e. The summed E-state index contributed by atoms with van der Waals surface area (Å²) >= 11 is 0. The fourth-order valence-corrected chi connectivity index (χ4v) is 1.40. The lowest BCUT2D eigenvalue weighted by Gasteiger charge is -2.11. The van der Waals surface area contributed by atoms with Crippen LogP contribution in [0, 0.1) is 0 Å². The first-order chi connectivity index (χ1) is 6.99. The number of carbonyl (C=O) groups excluding carboxylic acids is 1. The number of nitrogens with zero attached hydrogens (tertiary/aromatic N) is 1. The fraction of sp³-hybridized carbons (Fsp3) is 0.583. The van der Waals surface area contributed by atoms with Gasteiger partial charge in [-0.2, -0.15) is 0 Å². The highest BCUT2D eigenvalue weighted by molar-refractivity contribution is 5.92. The Morgan fingerprint density at radius 1 is 1.47 bits per heavy atom. The molecule has 15 heavy (non-hydrogen) atoms. The molecular weight excluding hydrogens is 188 g/mol. The molecule has 0 unspecified atom stereocenters. The predicted octanol–water partition coefficient (Wildman–Crippen LogP) is 1.71. The molecule has 0 aliphatic heterocycles. The third-order valence-electron chi connectivity index (χ3n) is 2.37. The molecule has 86 valence electrons. The molecular formula is C12H22N2O. The summed E-state index contributed by atoms with van der Waals surface area (Å²) in [4.78, 5) is 13.2. The molecule has 0 saturated carbocycles. The van der Waals surface area contributed by atoms with Crippen LogP contribution in [0.4, 0.5) is 0 Å². The van der Waals surface area contributed by atoms with Gasteiger partial charge in [0.25, 0.3) is 0 Å². The lowest BCUT2D eigenvalue weighted by Crippen LogP contribution is -2.15. The summed E-state index contributed by atoms with van der Waals surface area (Å²) in [7, 11) is 4.08. The SMILES string of the molecule is C=CCC(CCCN(C)C)=C(C)C(N)=O. The van der Waals surface area contributed by atoms with Crippen molar-refractivity contribution >= 4 is 5.91 Å². The quantitative estimate of drug-likeness (QED) is 0.513. The molecule has 0 heterocycles. The van der Waals surface area contributed by atoms with E-state index in [1.54, 1.807) is 6.92 Å². The van der Waals surface area contributed by atoms with E-state index in [1.807, 2.05) is 20.2 Å². The number of hydrogen-bond acceptors (Lipinski definition) is 2. The van der Waals surface area contributed by atoms with E-state index in [0.717, 1.165) is 31.4 Å². The normalized spacial score (nSPS) is 12.5. The molecule has 0 aromatic carbocycles. The lowest BCUT2D eigenvalue weighted by atomic mass is 10.0. The minimum atomic E-state index is -0.322. The predicted molar refractivity (Wildman–Crippen MR) is 64.5 cm³/mol. The van der Waals surface area contributed by atoms with Gasteiger partial charge >= 0.3 is 0 Å². The van der Waals surface area contributed by atoms with Gasteiger partial charge in [0.05, 0.1) is 0 Å². The van der Waals surface area contributed by atoms with Crippen LogP contribution in [0.2, 0.25) is 0 Å². The van der Waals surface area contributed by atoms with Crippen LogP contribution in [0.3, 0.4) is 0 Å². The van der Waals surface area contributed by atoms with Crippen LogP contribution in [-0.2, 0) is 4.79 Å². The molecule has 0 aromatic rings. The van der Waals surface area contributed by atoms with Gasteiger partial charge in [-0.15, -0.1) is 6.58 Å². The van der Waals surface area contributed by atoms with Crippen molar-refractivity contribution in [2.24, 2.45) is 5.73 Å². The van der Waals surface area contributed by atoms with E-state index in [1.165, 1.54) is 0 Å². The summed E-state index contributed by atoms with van der Waals surface area (Å²) in [6.07, 6.45) is 4.53. The van der Waals surface area contributed by atoms with Crippen LogP contribution in [0.15, 0.2) is 23.8 Å². The van der Waals surface area contributed by atoms with E-state index < -0.39 is 0 Å². The summed E-state index contributed by atoms with van der Waals surface area (Å²) in [5, 5.41) is 0. The minimum Gasteiger partial charge on any atom is -0.366 e. The average molecular weight is 210 g/mol. The van der Waals surface area contributed by atoms with Crippen molar-refractivity contribution in [3.63, 3.8) is 0 Å². The highest BCUT2D eigenvalue weighted by Gasteiger charge is 2.06. The molecule has 0 spiro atoms. The summed E-state index contributed by atoms with van der Waals surface area (Å²) in [5.74, 6) is -0.322. The highest BCUT2D eigenvalue weighted by atomic mass is 16.1. The van der Waals surface area contributed by atoms with Crippen molar-refractivity contribution in [1.29, 1.82) is 0 Å². The van der Waals surface area contributed by atoms with Crippen LogP contribution in [0.1, 0.15) is 26.2 Å². The summed E-state index contributed by atoms with van der Waals surface area (Å²) in [5.41, 5.74) is 7.06. The van der Waals surface area contributed by atoms with Crippen molar-refractivity contribution in [3.05, 3.63) is 23.8 Å². The van der Waals surface area contributed by atoms with Gasteiger partial charge in [0.15, 0.2) is 0 Å². The van der Waals surface area contributed by atoms with Crippen LogP contribution < -0.4 is 5.73 Å². The Bertz CT molecular complexity index is 254. The van der Waals surface area contributed by atoms with Gasteiger partial charge in [0.2, 0.25) is 5.91 Å². The van der Waals surface area contributed by atoms with E-state index in [-0.39, 0.29) is 5.91 Å². The largest absolute Gasteiger partial charge is 0.366 e. The van der Waals surface area contributed by atoms with Gasteiger partial charge < -0.3 is 10.6 Å². The number of carbonyl (C=O) groups is 1. The first-order valence-electron chi connectivity index (χ1n) is 5.23. The number of allylic oxidation sites excluding steroid dienone is 2. The smallest absolute Gasteiger partial charge is 0.244 e. The lowest BCUT2D eigenvalue weighted by molar-refractivity contribution is -0.114. The Hall–Kier alpha value is -1.09. The first kappa shape index (κ1) is 13.9. The number of primary amides is 1. The van der Waals surface area contributed by atoms with E-state index in [0.29, 0.717) is 5.57 Å². The molecule has 0 fully saturated rings. The second kappa shape index (κ2) is 7.23. The Labute approximate surface area is 92.6 Å². The van der Waals surface area contributed by atoms with Gasteiger partial charge in [0, 0.05) is 5.57 Å². The van der Waals surface area contributed by atoms with Gasteiger partial charge in [0.1, 0.15) is 0 Å². The van der Waals surface area contributed by atoms with Crippen molar-refractivity contribution in [2.75, 3.05) is 20.6 Å². The molecule has 0 bridgehead atoms. The second-order valence-electron chi connectivity index (χ2n) is 3.99. The Kier molecular flexibility index (Phi) is 6.71. The molecule has 0 aliphatic rings. The molecule has 0 radical (unpaired) electrons. The summed E-state index contributed by atoms with van der Waals surface area (Å²) < 4.78 is 0. The number of amides is 1. The molecule has 3 heteroatoms. The van der Waals surface area contributed by atoms with Crippen LogP contribution >= 0.6 is 0 Å². The van der Waals surface area contributed by atoms with Crippen LogP contribution in [-0.4, -0.2) is 31.4 Å². The van der Waals surface area contributed by atoms with Gasteiger partial charge in [-0.25, -0.2) is 0 Å². The van der Waals surface area contributed by atoms with Crippen molar-refractivity contribution in [1.82, 2.24) is 4.90 Å². The zero-order valence-corrected chi connectivity index (χ0v) is 10.0. The van der Waals surface area contributed by atoms with E-state index in [9.17, 15) is 4.79 Å².